The second kappa shape index (κ2) is 8.73. The summed E-state index contributed by atoms with van der Waals surface area (Å²) < 4.78 is 5.28. The number of esters is 1. The van der Waals surface area contributed by atoms with Gasteiger partial charge in [0.05, 0.1) is 12.5 Å². The Morgan fingerprint density at radius 3 is 2.56 bits per heavy atom. The van der Waals surface area contributed by atoms with Gasteiger partial charge < -0.3 is 4.74 Å². The normalized spacial score (nSPS) is 12.1. The first-order valence-electron chi connectivity index (χ1n) is 6.94. The zero-order chi connectivity index (χ0) is 13.2. The van der Waals surface area contributed by atoms with Crippen LogP contribution in [0.1, 0.15) is 45.1 Å². The van der Waals surface area contributed by atoms with Gasteiger partial charge in [-0.15, -0.1) is 0 Å². The Balaban J connectivity index is 2.21. The molecule has 0 spiro atoms. The van der Waals surface area contributed by atoms with Crippen molar-refractivity contribution in [2.24, 2.45) is 5.92 Å². The van der Waals surface area contributed by atoms with Gasteiger partial charge in [-0.1, -0.05) is 63.4 Å². The van der Waals surface area contributed by atoms with Crippen molar-refractivity contribution >= 4 is 5.97 Å². The van der Waals surface area contributed by atoms with Crippen molar-refractivity contribution in [3.8, 4) is 0 Å². The van der Waals surface area contributed by atoms with E-state index in [2.05, 4.69) is 6.92 Å². The predicted octanol–water partition coefficient (Wildman–Crippen LogP) is 3.99. The third-order valence-electron chi connectivity index (χ3n) is 3.03. The molecule has 1 atom stereocenters. The third-order valence-corrected chi connectivity index (χ3v) is 3.03. The first-order valence-corrected chi connectivity index (χ1v) is 6.94. The van der Waals surface area contributed by atoms with Crippen LogP contribution in [-0.4, -0.2) is 12.6 Å². The Morgan fingerprint density at radius 2 is 1.89 bits per heavy atom. The molecule has 0 aliphatic heterocycles. The molecule has 0 amide bonds. The maximum atomic E-state index is 11.8. The van der Waals surface area contributed by atoms with E-state index in [-0.39, 0.29) is 11.9 Å². The molecule has 0 heterocycles. The number of carbonyl (C=O) groups excluding carboxylic acids is 1. The molecule has 0 radical (unpaired) electrons. The first-order chi connectivity index (χ1) is 8.74. The summed E-state index contributed by atoms with van der Waals surface area (Å²) in [6, 6.07) is 10.1. The van der Waals surface area contributed by atoms with Crippen LogP contribution in [0.25, 0.3) is 0 Å². The number of hydrogen-bond acceptors (Lipinski definition) is 2. The molecular formula is C16H24O2. The molecule has 0 N–H and O–H groups in total. The predicted molar refractivity (Wildman–Crippen MR) is 74.4 cm³/mol. The topological polar surface area (TPSA) is 26.3 Å². The van der Waals surface area contributed by atoms with E-state index in [1.165, 1.54) is 18.4 Å². The largest absolute Gasteiger partial charge is 0.465 e. The summed E-state index contributed by atoms with van der Waals surface area (Å²) in [6.07, 6.45) is 5.32. The highest BCUT2D eigenvalue weighted by Gasteiger charge is 2.14. The van der Waals surface area contributed by atoms with E-state index in [1.54, 1.807) is 0 Å². The number of rotatable bonds is 8. The Hall–Kier alpha value is -1.31. The van der Waals surface area contributed by atoms with Gasteiger partial charge in [-0.25, -0.2) is 0 Å². The van der Waals surface area contributed by atoms with Crippen LogP contribution in [0.15, 0.2) is 30.3 Å². The van der Waals surface area contributed by atoms with Crippen LogP contribution >= 0.6 is 0 Å². The van der Waals surface area contributed by atoms with E-state index in [0.29, 0.717) is 6.61 Å². The summed E-state index contributed by atoms with van der Waals surface area (Å²) >= 11 is 0. The minimum Gasteiger partial charge on any atom is -0.465 e. The standard InChI is InChI=1S/C16H24O2/c1-3-4-5-9-12-18-16(17)14(2)13-15-10-7-6-8-11-15/h6-8,10-11,14H,3-5,9,12-13H2,1-2H3. The molecule has 0 bridgehead atoms. The molecule has 100 valence electrons. The lowest BCUT2D eigenvalue weighted by Crippen LogP contribution is -2.17. The Morgan fingerprint density at radius 1 is 1.17 bits per heavy atom. The van der Waals surface area contributed by atoms with Crippen molar-refractivity contribution in [3.05, 3.63) is 35.9 Å². The molecule has 1 unspecified atom stereocenters. The van der Waals surface area contributed by atoms with Crippen LogP contribution in [0.2, 0.25) is 0 Å². The number of unbranched alkanes of at least 4 members (excludes halogenated alkanes) is 3. The average molecular weight is 248 g/mol. The van der Waals surface area contributed by atoms with Gasteiger partial charge in [0.15, 0.2) is 0 Å². The Kier molecular flexibility index (Phi) is 7.16. The Labute approximate surface area is 110 Å². The second-order valence-electron chi connectivity index (χ2n) is 4.82. The van der Waals surface area contributed by atoms with Crippen LogP contribution in [0.5, 0.6) is 0 Å². The smallest absolute Gasteiger partial charge is 0.308 e. The summed E-state index contributed by atoms with van der Waals surface area (Å²) in [5.41, 5.74) is 1.19. The van der Waals surface area contributed by atoms with Gasteiger partial charge in [-0.05, 0) is 18.4 Å². The SMILES string of the molecule is CCCCCCOC(=O)C(C)Cc1ccccc1. The van der Waals surface area contributed by atoms with E-state index in [4.69, 9.17) is 4.74 Å². The lowest BCUT2D eigenvalue weighted by atomic mass is 10.0. The van der Waals surface area contributed by atoms with Crippen molar-refractivity contribution in [3.63, 3.8) is 0 Å². The van der Waals surface area contributed by atoms with Crippen molar-refractivity contribution in [2.75, 3.05) is 6.61 Å². The van der Waals surface area contributed by atoms with Gasteiger partial charge >= 0.3 is 5.97 Å². The second-order valence-corrected chi connectivity index (χ2v) is 4.82. The van der Waals surface area contributed by atoms with Crippen molar-refractivity contribution < 1.29 is 9.53 Å². The number of hydrogen-bond donors (Lipinski definition) is 0. The highest BCUT2D eigenvalue weighted by Crippen LogP contribution is 2.10. The first kappa shape index (κ1) is 14.7. The van der Waals surface area contributed by atoms with E-state index in [9.17, 15) is 4.79 Å². The molecule has 2 nitrogen and oxygen atoms in total. The molecule has 0 aliphatic carbocycles. The summed E-state index contributed by atoms with van der Waals surface area (Å²) in [5, 5.41) is 0. The number of ether oxygens (including phenoxy) is 1. The molecule has 18 heavy (non-hydrogen) atoms. The molecule has 1 aromatic carbocycles. The fraction of sp³-hybridized carbons (Fsp3) is 0.562. The maximum Gasteiger partial charge on any atom is 0.308 e. The van der Waals surface area contributed by atoms with Crippen molar-refractivity contribution in [2.45, 2.75) is 46.0 Å². The molecule has 0 fully saturated rings. The number of benzene rings is 1. The quantitative estimate of drug-likeness (QED) is 0.513. The number of carbonyl (C=O) groups is 1. The highest BCUT2D eigenvalue weighted by atomic mass is 16.5. The lowest BCUT2D eigenvalue weighted by molar-refractivity contribution is -0.148. The van der Waals surface area contributed by atoms with E-state index in [1.807, 2.05) is 37.3 Å². The van der Waals surface area contributed by atoms with Crippen LogP contribution < -0.4 is 0 Å². The summed E-state index contributed by atoms with van der Waals surface area (Å²) in [5.74, 6) is -0.131. The minimum atomic E-state index is -0.0737. The van der Waals surface area contributed by atoms with Crippen LogP contribution in [0.4, 0.5) is 0 Å². The molecule has 0 saturated heterocycles. The monoisotopic (exact) mass is 248 g/mol. The van der Waals surface area contributed by atoms with Crippen LogP contribution in [-0.2, 0) is 16.0 Å². The summed E-state index contributed by atoms with van der Waals surface area (Å²) in [6.45, 7) is 4.67. The molecule has 0 aliphatic rings. The minimum absolute atomic E-state index is 0.0569. The third kappa shape index (κ3) is 5.85. The fourth-order valence-corrected chi connectivity index (χ4v) is 1.89. The van der Waals surface area contributed by atoms with Gasteiger partial charge in [-0.2, -0.15) is 0 Å². The summed E-state index contributed by atoms with van der Waals surface area (Å²) in [7, 11) is 0. The zero-order valence-electron chi connectivity index (χ0n) is 11.5. The average Bonchev–Trinajstić information content (AvgIpc) is 2.39. The highest BCUT2D eigenvalue weighted by molar-refractivity contribution is 5.72. The van der Waals surface area contributed by atoms with Crippen molar-refractivity contribution in [1.29, 1.82) is 0 Å². The lowest BCUT2D eigenvalue weighted by Gasteiger charge is -2.11. The molecule has 0 aromatic heterocycles. The molecule has 0 saturated carbocycles. The summed E-state index contributed by atoms with van der Waals surface area (Å²) in [4.78, 5) is 11.8. The van der Waals surface area contributed by atoms with Gasteiger partial charge in [0.2, 0.25) is 0 Å². The molecule has 1 rings (SSSR count). The molecular weight excluding hydrogens is 224 g/mol. The van der Waals surface area contributed by atoms with Gasteiger partial charge in [0.25, 0.3) is 0 Å². The molecule has 2 heteroatoms. The van der Waals surface area contributed by atoms with Gasteiger partial charge in [0, 0.05) is 0 Å². The van der Waals surface area contributed by atoms with Crippen molar-refractivity contribution in [1.82, 2.24) is 0 Å². The van der Waals surface area contributed by atoms with E-state index < -0.39 is 0 Å². The fourth-order valence-electron chi connectivity index (χ4n) is 1.89. The van der Waals surface area contributed by atoms with Crippen LogP contribution in [0, 0.1) is 5.92 Å². The molecule has 1 aromatic rings. The van der Waals surface area contributed by atoms with Gasteiger partial charge in [-0.3, -0.25) is 4.79 Å². The Bertz CT molecular complexity index is 332. The van der Waals surface area contributed by atoms with Gasteiger partial charge in [0.1, 0.15) is 0 Å². The van der Waals surface area contributed by atoms with E-state index >= 15 is 0 Å². The van der Waals surface area contributed by atoms with E-state index in [0.717, 1.165) is 19.3 Å². The zero-order valence-corrected chi connectivity index (χ0v) is 11.5. The maximum absolute atomic E-state index is 11.8. The van der Waals surface area contributed by atoms with Crippen LogP contribution in [0.3, 0.4) is 0 Å².